The molecule has 1 heteroatoms. The minimum Gasteiger partial charge on any atom is -0.152 e. The third-order valence-electron chi connectivity index (χ3n) is 5.95. The van der Waals surface area contributed by atoms with Crippen molar-refractivity contribution in [2.45, 2.75) is 112 Å². The highest BCUT2D eigenvalue weighted by Gasteiger charge is 1.97. The van der Waals surface area contributed by atoms with Crippen LogP contribution in [0.5, 0.6) is 0 Å². The Labute approximate surface area is 198 Å². The molecule has 0 nitrogen and oxygen atoms in total. The maximum atomic E-state index is 2.46. The van der Waals surface area contributed by atoms with Gasteiger partial charge >= 0.3 is 0 Å². The van der Waals surface area contributed by atoms with Crippen molar-refractivity contribution in [3.8, 4) is 0 Å². The van der Waals surface area contributed by atoms with E-state index in [-0.39, 0.29) is 0 Å². The highest BCUT2D eigenvalue weighted by molar-refractivity contribution is 7.07. The normalized spacial score (nSPS) is 14.0. The topological polar surface area (TPSA) is 0 Å². The Morgan fingerprint density at radius 2 is 1.23 bits per heavy atom. The van der Waals surface area contributed by atoms with Gasteiger partial charge in [-0.05, 0) is 120 Å². The lowest BCUT2D eigenvalue weighted by Crippen LogP contribution is -1.88. The van der Waals surface area contributed by atoms with Crippen LogP contribution in [-0.4, -0.2) is 0 Å². The van der Waals surface area contributed by atoms with E-state index in [1.165, 1.54) is 87.3 Å². The van der Waals surface area contributed by atoms with Gasteiger partial charge in [-0.2, -0.15) is 11.3 Å². The predicted octanol–water partition coefficient (Wildman–Crippen LogP) is 10.6. The van der Waals surface area contributed by atoms with Gasteiger partial charge in [0.15, 0.2) is 0 Å². The molecule has 1 heterocycles. The van der Waals surface area contributed by atoms with E-state index in [1.54, 1.807) is 22.5 Å². The lowest BCUT2D eigenvalue weighted by atomic mass is 10.0. The van der Waals surface area contributed by atoms with Gasteiger partial charge < -0.3 is 0 Å². The van der Waals surface area contributed by atoms with Crippen LogP contribution in [-0.2, 0) is 6.42 Å². The van der Waals surface area contributed by atoms with Crippen molar-refractivity contribution in [2.24, 2.45) is 5.92 Å². The van der Waals surface area contributed by atoms with Crippen molar-refractivity contribution in [2.75, 3.05) is 0 Å². The van der Waals surface area contributed by atoms with Gasteiger partial charge in [0.2, 0.25) is 0 Å². The van der Waals surface area contributed by atoms with Crippen LogP contribution in [0.3, 0.4) is 0 Å². The second-order valence-corrected chi connectivity index (χ2v) is 10.6. The number of allylic oxidation sites excluding steroid dienone is 8. The zero-order chi connectivity index (χ0) is 22.9. The van der Waals surface area contributed by atoms with Crippen molar-refractivity contribution in [3.05, 3.63) is 69.0 Å². The molecule has 0 radical (unpaired) electrons. The van der Waals surface area contributed by atoms with E-state index in [9.17, 15) is 0 Å². The molecule has 0 aromatic carbocycles. The first-order chi connectivity index (χ1) is 14.9. The number of hydrogen-bond donors (Lipinski definition) is 0. The molecule has 0 saturated carbocycles. The molecule has 0 spiro atoms. The van der Waals surface area contributed by atoms with Gasteiger partial charge in [0.25, 0.3) is 0 Å². The van der Waals surface area contributed by atoms with E-state index in [4.69, 9.17) is 0 Å². The second kappa shape index (κ2) is 17.2. The molecular formula is C30H48S. The summed E-state index contributed by atoms with van der Waals surface area (Å²) in [7, 11) is 0. The van der Waals surface area contributed by atoms with Crippen molar-refractivity contribution in [1.29, 1.82) is 0 Å². The Bertz CT molecular complexity index is 695. The predicted molar refractivity (Wildman–Crippen MR) is 144 cm³/mol. The molecule has 0 N–H and O–H groups in total. The Hall–Kier alpha value is -1.34. The summed E-state index contributed by atoms with van der Waals surface area (Å²) in [5, 5.41) is 4.43. The Kier molecular flexibility index (Phi) is 15.4. The van der Waals surface area contributed by atoms with Crippen LogP contribution in [0.15, 0.2) is 63.4 Å². The van der Waals surface area contributed by atoms with Gasteiger partial charge in [-0.25, -0.2) is 0 Å². The monoisotopic (exact) mass is 440 g/mol. The highest BCUT2D eigenvalue weighted by Crippen LogP contribution is 2.16. The molecule has 0 unspecified atom stereocenters. The van der Waals surface area contributed by atoms with E-state index < -0.39 is 0 Å². The third kappa shape index (κ3) is 16.0. The minimum absolute atomic E-state index is 0.831. The molecule has 0 aliphatic heterocycles. The Morgan fingerprint density at radius 3 is 1.68 bits per heavy atom. The Balaban J connectivity index is 2.17. The van der Waals surface area contributed by atoms with Crippen LogP contribution in [0.1, 0.15) is 111 Å². The van der Waals surface area contributed by atoms with Crippen LogP contribution in [0.4, 0.5) is 0 Å². The molecule has 0 aliphatic carbocycles. The molecule has 0 amide bonds. The van der Waals surface area contributed by atoms with Crippen LogP contribution < -0.4 is 0 Å². The van der Waals surface area contributed by atoms with Gasteiger partial charge in [0, 0.05) is 0 Å². The summed E-state index contributed by atoms with van der Waals surface area (Å²) in [4.78, 5) is 0. The average molecular weight is 441 g/mol. The Morgan fingerprint density at radius 1 is 0.742 bits per heavy atom. The maximum absolute atomic E-state index is 2.46. The summed E-state index contributed by atoms with van der Waals surface area (Å²) in [5.41, 5.74) is 7.66. The zero-order valence-corrected chi connectivity index (χ0v) is 22.1. The van der Waals surface area contributed by atoms with Crippen LogP contribution in [0.2, 0.25) is 0 Å². The standard InChI is InChI=1S/C30H48S/c1-25(2)12-7-13-26(3)14-8-15-27(4)16-9-17-28(5)18-10-19-29(6)20-11-21-30-22-23-31-24-30/h14,16,18,20,22-25H,7-13,15,17,19,21H2,1-6H3/b26-14+,27-16+,28-18+,29-20+. The fraction of sp³-hybridized carbons (Fsp3) is 0.600. The lowest BCUT2D eigenvalue weighted by Gasteiger charge is -2.05. The maximum Gasteiger partial charge on any atom is -0.00611 e. The first kappa shape index (κ1) is 27.7. The molecule has 31 heavy (non-hydrogen) atoms. The highest BCUT2D eigenvalue weighted by atomic mass is 32.1. The van der Waals surface area contributed by atoms with Gasteiger partial charge in [0.1, 0.15) is 0 Å². The SMILES string of the molecule is C/C(=C\CC/C(C)=C/CCc1ccsc1)CC/C=C(\C)CC/C=C(\C)CCCC(C)C. The summed E-state index contributed by atoms with van der Waals surface area (Å²) in [6.07, 6.45) is 23.2. The number of thiophene rings is 1. The average Bonchev–Trinajstić information content (AvgIpc) is 3.21. The van der Waals surface area contributed by atoms with E-state index >= 15 is 0 Å². The van der Waals surface area contributed by atoms with Gasteiger partial charge in [-0.3, -0.25) is 0 Å². The van der Waals surface area contributed by atoms with Crippen molar-refractivity contribution >= 4 is 11.3 Å². The lowest BCUT2D eigenvalue weighted by molar-refractivity contribution is 0.554. The molecule has 0 fully saturated rings. The van der Waals surface area contributed by atoms with E-state index in [2.05, 4.69) is 82.7 Å². The molecule has 0 atom stereocenters. The summed E-state index contributed by atoms with van der Waals surface area (Å²) in [6, 6.07) is 2.24. The zero-order valence-electron chi connectivity index (χ0n) is 21.3. The molecular weight excluding hydrogens is 392 g/mol. The third-order valence-corrected chi connectivity index (χ3v) is 6.68. The molecule has 174 valence electrons. The van der Waals surface area contributed by atoms with E-state index in [0.29, 0.717) is 0 Å². The fourth-order valence-corrected chi connectivity index (χ4v) is 4.46. The van der Waals surface area contributed by atoms with Crippen LogP contribution >= 0.6 is 11.3 Å². The summed E-state index contributed by atoms with van der Waals surface area (Å²) in [5.74, 6) is 0.831. The van der Waals surface area contributed by atoms with E-state index in [1.807, 2.05) is 0 Å². The molecule has 1 rings (SSSR count). The smallest absolute Gasteiger partial charge is 0.00611 e. The second-order valence-electron chi connectivity index (χ2n) is 9.77. The van der Waals surface area contributed by atoms with Crippen LogP contribution in [0.25, 0.3) is 0 Å². The number of rotatable bonds is 16. The first-order valence-electron chi connectivity index (χ1n) is 12.5. The first-order valence-corrected chi connectivity index (χ1v) is 13.4. The number of hydrogen-bond acceptors (Lipinski definition) is 1. The van der Waals surface area contributed by atoms with Gasteiger partial charge in [-0.1, -0.05) is 66.9 Å². The van der Waals surface area contributed by atoms with Gasteiger partial charge in [-0.15, -0.1) is 0 Å². The molecule has 1 aromatic rings. The summed E-state index contributed by atoms with van der Waals surface area (Å²) in [6.45, 7) is 13.8. The summed E-state index contributed by atoms with van der Waals surface area (Å²) >= 11 is 1.80. The van der Waals surface area contributed by atoms with Crippen molar-refractivity contribution in [3.63, 3.8) is 0 Å². The minimum atomic E-state index is 0.831. The van der Waals surface area contributed by atoms with E-state index in [0.717, 1.165) is 5.92 Å². The molecule has 1 aromatic heterocycles. The molecule has 0 aliphatic rings. The van der Waals surface area contributed by atoms with Crippen LogP contribution in [0, 0.1) is 5.92 Å². The molecule has 0 bridgehead atoms. The quantitative estimate of drug-likeness (QED) is 0.224. The fourth-order valence-electron chi connectivity index (χ4n) is 3.76. The van der Waals surface area contributed by atoms with Gasteiger partial charge in [0.05, 0.1) is 0 Å². The molecule has 0 saturated heterocycles. The van der Waals surface area contributed by atoms with Crippen molar-refractivity contribution in [1.82, 2.24) is 0 Å². The van der Waals surface area contributed by atoms with Crippen molar-refractivity contribution < 1.29 is 0 Å². The summed E-state index contributed by atoms with van der Waals surface area (Å²) < 4.78 is 0. The largest absolute Gasteiger partial charge is 0.152 e. The number of aryl methyl sites for hydroxylation is 1.